The average molecular weight is 432 g/mol. The summed E-state index contributed by atoms with van der Waals surface area (Å²) < 4.78 is 0. The highest BCUT2D eigenvalue weighted by Crippen LogP contribution is 2.20. The van der Waals surface area contributed by atoms with Gasteiger partial charge in [-0.25, -0.2) is 4.79 Å². The van der Waals surface area contributed by atoms with E-state index in [1.165, 1.54) is 17.0 Å². The minimum Gasteiger partial charge on any atom is -0.508 e. The fourth-order valence-electron chi connectivity index (χ4n) is 4.00. The first kappa shape index (κ1) is 22.5. The van der Waals surface area contributed by atoms with Gasteiger partial charge in [0, 0.05) is 13.0 Å². The number of carbonyl (C=O) groups is 4. The van der Waals surface area contributed by atoms with Gasteiger partial charge in [-0.15, -0.1) is 0 Å². The third-order valence-electron chi connectivity index (χ3n) is 5.63. The number of phenols is 1. The van der Waals surface area contributed by atoms with Crippen molar-refractivity contribution in [2.45, 2.75) is 50.2 Å². The summed E-state index contributed by atoms with van der Waals surface area (Å²) >= 11 is 0. The number of carbonyl (C=O) groups excluding carboxylic acids is 3. The maximum Gasteiger partial charge on any atom is 0.326 e. The predicted octanol–water partition coefficient (Wildman–Crippen LogP) is -0.637. The first-order valence-electron chi connectivity index (χ1n) is 10.5. The van der Waals surface area contributed by atoms with Crippen LogP contribution in [0.3, 0.4) is 0 Å². The number of likely N-dealkylation sites (tertiary alicyclic amines) is 1. The summed E-state index contributed by atoms with van der Waals surface area (Å²) in [7, 11) is 0. The quantitative estimate of drug-likeness (QED) is 0.367. The second-order valence-corrected chi connectivity index (χ2v) is 7.89. The summed E-state index contributed by atoms with van der Waals surface area (Å²) in [6.07, 6.45) is 2.68. The van der Waals surface area contributed by atoms with E-state index in [2.05, 4.69) is 16.0 Å². The second kappa shape index (κ2) is 10.3. The molecular weight excluding hydrogens is 404 g/mol. The van der Waals surface area contributed by atoms with Gasteiger partial charge in [-0.05, 0) is 49.9 Å². The highest BCUT2D eigenvalue weighted by Gasteiger charge is 2.37. The lowest BCUT2D eigenvalue weighted by molar-refractivity contribution is -0.149. The van der Waals surface area contributed by atoms with Crippen LogP contribution < -0.4 is 16.0 Å². The molecule has 10 heteroatoms. The smallest absolute Gasteiger partial charge is 0.326 e. The van der Waals surface area contributed by atoms with Crippen LogP contribution in [-0.4, -0.2) is 76.6 Å². The Labute approximate surface area is 180 Å². The van der Waals surface area contributed by atoms with Crippen molar-refractivity contribution in [3.63, 3.8) is 0 Å². The van der Waals surface area contributed by atoms with Gasteiger partial charge in [0.2, 0.25) is 17.7 Å². The molecule has 0 aliphatic carbocycles. The number of phenolic OH excluding ortho intramolecular Hbond substituents is 1. The summed E-state index contributed by atoms with van der Waals surface area (Å²) in [6.45, 7) is 0.786. The van der Waals surface area contributed by atoms with Crippen LogP contribution in [-0.2, 0) is 25.6 Å². The Kier molecular flexibility index (Phi) is 7.45. The molecular formula is C21H28N4O6. The lowest BCUT2D eigenvalue weighted by Gasteiger charge is -2.27. The van der Waals surface area contributed by atoms with E-state index in [4.69, 9.17) is 0 Å². The Bertz CT molecular complexity index is 822. The normalized spacial score (nSPS) is 21.5. The zero-order valence-electron chi connectivity index (χ0n) is 17.2. The molecule has 2 saturated heterocycles. The van der Waals surface area contributed by atoms with Crippen LogP contribution in [0.1, 0.15) is 31.2 Å². The monoisotopic (exact) mass is 432 g/mol. The SMILES string of the molecule is O=C(CNC(=O)C1CCCN1)NC(Cc1ccc(O)cc1)C(=O)N1CCCC1C(=O)O. The molecule has 31 heavy (non-hydrogen) atoms. The number of aromatic hydroxyl groups is 1. The van der Waals surface area contributed by atoms with Crippen molar-refractivity contribution in [2.75, 3.05) is 19.6 Å². The van der Waals surface area contributed by atoms with E-state index in [9.17, 15) is 29.4 Å². The zero-order valence-corrected chi connectivity index (χ0v) is 17.2. The molecule has 10 nitrogen and oxygen atoms in total. The number of benzene rings is 1. The minimum atomic E-state index is -1.07. The molecule has 0 saturated carbocycles. The number of hydrogen-bond donors (Lipinski definition) is 5. The predicted molar refractivity (Wildman–Crippen MR) is 110 cm³/mol. The number of rotatable bonds is 8. The number of aliphatic carboxylic acids is 1. The van der Waals surface area contributed by atoms with Crippen molar-refractivity contribution in [3.05, 3.63) is 29.8 Å². The molecule has 2 aliphatic rings. The molecule has 168 valence electrons. The first-order chi connectivity index (χ1) is 14.8. The van der Waals surface area contributed by atoms with Gasteiger partial charge in [0.25, 0.3) is 0 Å². The fourth-order valence-corrected chi connectivity index (χ4v) is 4.00. The molecule has 0 bridgehead atoms. The third kappa shape index (κ3) is 5.94. The maximum atomic E-state index is 13.1. The van der Waals surface area contributed by atoms with Crippen LogP contribution in [0.2, 0.25) is 0 Å². The van der Waals surface area contributed by atoms with E-state index in [1.807, 2.05) is 0 Å². The zero-order chi connectivity index (χ0) is 22.4. The molecule has 1 aromatic rings. The summed E-state index contributed by atoms with van der Waals surface area (Å²) in [6, 6.07) is 4.00. The van der Waals surface area contributed by atoms with Gasteiger partial charge in [-0.2, -0.15) is 0 Å². The number of carboxylic acids is 1. The first-order valence-corrected chi connectivity index (χ1v) is 10.5. The number of amides is 3. The van der Waals surface area contributed by atoms with Crippen LogP contribution in [0.25, 0.3) is 0 Å². The molecule has 2 heterocycles. The van der Waals surface area contributed by atoms with Gasteiger partial charge < -0.3 is 31.1 Å². The number of nitrogens with zero attached hydrogens (tertiary/aromatic N) is 1. The number of carboxylic acid groups (broad SMARTS) is 1. The van der Waals surface area contributed by atoms with Crippen molar-refractivity contribution in [1.29, 1.82) is 0 Å². The highest BCUT2D eigenvalue weighted by atomic mass is 16.4. The van der Waals surface area contributed by atoms with Crippen LogP contribution in [0.15, 0.2) is 24.3 Å². The molecule has 3 rings (SSSR count). The standard InChI is InChI=1S/C21H28N4O6/c26-14-7-5-13(6-8-14)11-16(20(29)25-10-2-4-17(25)21(30)31)24-18(27)12-23-19(28)15-3-1-9-22-15/h5-8,15-17,22,26H,1-4,9-12H2,(H,23,28)(H,24,27)(H,30,31). The van der Waals surface area contributed by atoms with E-state index >= 15 is 0 Å². The molecule has 3 amide bonds. The van der Waals surface area contributed by atoms with E-state index < -0.39 is 29.9 Å². The fraction of sp³-hybridized carbons (Fsp3) is 0.524. The van der Waals surface area contributed by atoms with Crippen LogP contribution >= 0.6 is 0 Å². The third-order valence-corrected chi connectivity index (χ3v) is 5.63. The van der Waals surface area contributed by atoms with Crippen LogP contribution in [0.5, 0.6) is 5.75 Å². The van der Waals surface area contributed by atoms with Crippen molar-refractivity contribution < 1.29 is 29.4 Å². The lowest BCUT2D eigenvalue weighted by atomic mass is 10.0. The summed E-state index contributed by atoms with van der Waals surface area (Å²) in [5.41, 5.74) is 0.696. The number of hydrogen-bond acceptors (Lipinski definition) is 6. The average Bonchev–Trinajstić information content (AvgIpc) is 3.44. The maximum absolute atomic E-state index is 13.1. The topological polar surface area (TPSA) is 148 Å². The minimum absolute atomic E-state index is 0.0735. The summed E-state index contributed by atoms with van der Waals surface area (Å²) in [4.78, 5) is 50.5. The van der Waals surface area contributed by atoms with E-state index in [-0.39, 0.29) is 30.7 Å². The molecule has 2 aliphatic heterocycles. The van der Waals surface area contributed by atoms with Gasteiger partial charge >= 0.3 is 5.97 Å². The lowest BCUT2D eigenvalue weighted by Crippen LogP contribution is -2.54. The molecule has 3 unspecified atom stereocenters. The Morgan fingerprint density at radius 1 is 1.13 bits per heavy atom. The molecule has 0 spiro atoms. The van der Waals surface area contributed by atoms with Crippen molar-refractivity contribution in [2.24, 2.45) is 0 Å². The summed E-state index contributed by atoms with van der Waals surface area (Å²) in [5, 5.41) is 27.1. The number of nitrogens with one attached hydrogen (secondary N) is 3. The van der Waals surface area contributed by atoms with E-state index in [0.29, 0.717) is 31.4 Å². The second-order valence-electron chi connectivity index (χ2n) is 7.89. The van der Waals surface area contributed by atoms with E-state index in [0.717, 1.165) is 13.0 Å². The van der Waals surface area contributed by atoms with Crippen LogP contribution in [0.4, 0.5) is 0 Å². The highest BCUT2D eigenvalue weighted by molar-refractivity contribution is 5.93. The largest absolute Gasteiger partial charge is 0.508 e. The molecule has 1 aromatic carbocycles. The molecule has 3 atom stereocenters. The van der Waals surface area contributed by atoms with Gasteiger partial charge in [0.1, 0.15) is 17.8 Å². The van der Waals surface area contributed by atoms with Gasteiger partial charge in [0.15, 0.2) is 0 Å². The van der Waals surface area contributed by atoms with Gasteiger partial charge in [-0.1, -0.05) is 12.1 Å². The van der Waals surface area contributed by atoms with Crippen molar-refractivity contribution in [3.8, 4) is 5.75 Å². The molecule has 0 aromatic heterocycles. The Morgan fingerprint density at radius 2 is 1.87 bits per heavy atom. The van der Waals surface area contributed by atoms with Crippen molar-refractivity contribution in [1.82, 2.24) is 20.9 Å². The molecule has 2 fully saturated rings. The molecule has 5 N–H and O–H groups in total. The van der Waals surface area contributed by atoms with E-state index in [1.54, 1.807) is 12.1 Å². The molecule has 0 radical (unpaired) electrons. The van der Waals surface area contributed by atoms with Crippen molar-refractivity contribution >= 4 is 23.7 Å². The summed E-state index contributed by atoms with van der Waals surface area (Å²) in [5.74, 6) is -2.27. The Balaban J connectivity index is 1.66. The Morgan fingerprint density at radius 3 is 2.52 bits per heavy atom. The van der Waals surface area contributed by atoms with Gasteiger partial charge in [0.05, 0.1) is 12.6 Å². The van der Waals surface area contributed by atoms with Crippen LogP contribution in [0, 0.1) is 0 Å². The Hall–Kier alpha value is -3.14. The van der Waals surface area contributed by atoms with Gasteiger partial charge in [-0.3, -0.25) is 14.4 Å².